The maximum absolute atomic E-state index is 11.5. The molecule has 1 N–H and O–H groups in total. The lowest BCUT2D eigenvalue weighted by Gasteiger charge is -2.40. The van der Waals surface area contributed by atoms with Gasteiger partial charge in [-0.2, -0.15) is 0 Å². The standard InChI is InChI=1S/C19H26BrNO2/c1-13(22)21-17-11-18(14-5-3-2-4-6-14)23-19(12-17)15-7-9-16(20)10-8-15/h7-10,14,17-19H,2-6,11-12H2,1H3,(H,21,22). The molecule has 0 radical (unpaired) electrons. The molecule has 3 unspecified atom stereocenters. The molecule has 3 rings (SSSR count). The van der Waals surface area contributed by atoms with Crippen LogP contribution in [0.2, 0.25) is 0 Å². The summed E-state index contributed by atoms with van der Waals surface area (Å²) >= 11 is 3.49. The van der Waals surface area contributed by atoms with Crippen molar-refractivity contribution in [1.82, 2.24) is 5.32 Å². The molecule has 3 atom stereocenters. The summed E-state index contributed by atoms with van der Waals surface area (Å²) in [4.78, 5) is 11.5. The molecule has 1 saturated heterocycles. The van der Waals surface area contributed by atoms with Crippen LogP contribution in [-0.2, 0) is 9.53 Å². The van der Waals surface area contributed by atoms with Crippen molar-refractivity contribution in [1.29, 1.82) is 0 Å². The topological polar surface area (TPSA) is 38.3 Å². The zero-order valence-electron chi connectivity index (χ0n) is 13.8. The van der Waals surface area contributed by atoms with Gasteiger partial charge in [0.1, 0.15) is 0 Å². The van der Waals surface area contributed by atoms with Crippen LogP contribution in [0.15, 0.2) is 28.7 Å². The number of carbonyl (C=O) groups excluding carboxylic acids is 1. The quantitative estimate of drug-likeness (QED) is 0.822. The molecule has 126 valence electrons. The summed E-state index contributed by atoms with van der Waals surface area (Å²) in [6.07, 6.45) is 8.71. The molecule has 2 aliphatic rings. The number of amides is 1. The van der Waals surface area contributed by atoms with E-state index in [0.29, 0.717) is 5.92 Å². The van der Waals surface area contributed by atoms with E-state index in [4.69, 9.17) is 4.74 Å². The first-order valence-electron chi connectivity index (χ1n) is 8.80. The summed E-state index contributed by atoms with van der Waals surface area (Å²) in [6.45, 7) is 1.61. The molecule has 1 aliphatic heterocycles. The number of hydrogen-bond acceptors (Lipinski definition) is 2. The second-order valence-corrected chi connectivity index (χ2v) is 7.90. The normalized spacial score (nSPS) is 29.2. The Morgan fingerprint density at radius 2 is 1.83 bits per heavy atom. The van der Waals surface area contributed by atoms with E-state index in [2.05, 4.69) is 45.5 Å². The van der Waals surface area contributed by atoms with Crippen molar-refractivity contribution in [3.05, 3.63) is 34.3 Å². The molecule has 23 heavy (non-hydrogen) atoms. The van der Waals surface area contributed by atoms with Crippen molar-refractivity contribution in [3.63, 3.8) is 0 Å². The maximum Gasteiger partial charge on any atom is 0.217 e. The smallest absolute Gasteiger partial charge is 0.217 e. The van der Waals surface area contributed by atoms with Gasteiger partial charge in [0.2, 0.25) is 5.91 Å². The van der Waals surface area contributed by atoms with Crippen molar-refractivity contribution < 1.29 is 9.53 Å². The molecule has 1 amide bonds. The Bertz CT molecular complexity index is 525. The first-order chi connectivity index (χ1) is 11.1. The number of halogens is 1. The zero-order chi connectivity index (χ0) is 16.2. The van der Waals surface area contributed by atoms with Gasteiger partial charge in [-0.25, -0.2) is 0 Å². The Kier molecular flexibility index (Phi) is 5.76. The third-order valence-corrected chi connectivity index (χ3v) is 5.71. The van der Waals surface area contributed by atoms with Gasteiger partial charge in [0, 0.05) is 17.4 Å². The van der Waals surface area contributed by atoms with Crippen molar-refractivity contribution in [2.75, 3.05) is 0 Å². The van der Waals surface area contributed by atoms with Crippen molar-refractivity contribution in [3.8, 4) is 0 Å². The molecule has 4 heteroatoms. The van der Waals surface area contributed by atoms with Crippen LogP contribution in [0.4, 0.5) is 0 Å². The van der Waals surface area contributed by atoms with Gasteiger partial charge in [-0.15, -0.1) is 0 Å². The van der Waals surface area contributed by atoms with E-state index in [9.17, 15) is 4.79 Å². The maximum atomic E-state index is 11.5. The van der Waals surface area contributed by atoms with E-state index in [1.54, 1.807) is 6.92 Å². The lowest BCUT2D eigenvalue weighted by atomic mass is 9.80. The number of rotatable bonds is 3. The molecule has 1 heterocycles. The molecule has 3 nitrogen and oxygen atoms in total. The van der Waals surface area contributed by atoms with Gasteiger partial charge in [0.15, 0.2) is 0 Å². The van der Waals surface area contributed by atoms with Gasteiger partial charge in [0.25, 0.3) is 0 Å². The third-order valence-electron chi connectivity index (χ3n) is 5.18. The summed E-state index contributed by atoms with van der Waals surface area (Å²) in [5.41, 5.74) is 1.21. The number of benzene rings is 1. The SMILES string of the molecule is CC(=O)NC1CC(c2ccc(Br)cc2)OC(C2CCCCC2)C1. The monoisotopic (exact) mass is 379 g/mol. The van der Waals surface area contributed by atoms with Crippen molar-refractivity contribution in [2.45, 2.75) is 70.1 Å². The van der Waals surface area contributed by atoms with Gasteiger partial charge < -0.3 is 10.1 Å². The van der Waals surface area contributed by atoms with Crippen LogP contribution in [-0.4, -0.2) is 18.1 Å². The molecule has 1 aliphatic carbocycles. The highest BCUT2D eigenvalue weighted by molar-refractivity contribution is 9.10. The molecule has 1 saturated carbocycles. The average molecular weight is 380 g/mol. The van der Waals surface area contributed by atoms with E-state index in [-0.39, 0.29) is 24.2 Å². The van der Waals surface area contributed by atoms with Crippen LogP contribution in [0.5, 0.6) is 0 Å². The Morgan fingerprint density at radius 1 is 1.13 bits per heavy atom. The van der Waals surface area contributed by atoms with E-state index < -0.39 is 0 Å². The van der Waals surface area contributed by atoms with Crippen LogP contribution in [0.1, 0.15) is 63.5 Å². The fraction of sp³-hybridized carbons (Fsp3) is 0.632. The second-order valence-electron chi connectivity index (χ2n) is 6.98. The predicted octanol–water partition coefficient (Wildman–Crippen LogP) is 4.75. The highest BCUT2D eigenvalue weighted by atomic mass is 79.9. The van der Waals surface area contributed by atoms with E-state index in [1.165, 1.54) is 37.7 Å². The molecule has 0 bridgehead atoms. The van der Waals surface area contributed by atoms with Crippen LogP contribution < -0.4 is 5.32 Å². The minimum Gasteiger partial charge on any atom is -0.370 e. The molecule has 0 spiro atoms. The summed E-state index contributed by atoms with van der Waals surface area (Å²) in [5, 5.41) is 3.13. The number of hydrogen-bond donors (Lipinski definition) is 1. The molecular formula is C19H26BrNO2. The van der Waals surface area contributed by atoms with Gasteiger partial charge >= 0.3 is 0 Å². The van der Waals surface area contributed by atoms with Crippen LogP contribution >= 0.6 is 15.9 Å². The Balaban J connectivity index is 1.75. The molecule has 1 aromatic rings. The Labute approximate surface area is 147 Å². The van der Waals surface area contributed by atoms with Crippen molar-refractivity contribution >= 4 is 21.8 Å². The average Bonchev–Trinajstić information content (AvgIpc) is 2.55. The minimum absolute atomic E-state index is 0.0638. The van der Waals surface area contributed by atoms with Crippen LogP contribution in [0.25, 0.3) is 0 Å². The van der Waals surface area contributed by atoms with E-state index in [0.717, 1.165) is 17.3 Å². The second kappa shape index (κ2) is 7.80. The Morgan fingerprint density at radius 3 is 2.48 bits per heavy atom. The van der Waals surface area contributed by atoms with Crippen LogP contribution in [0.3, 0.4) is 0 Å². The van der Waals surface area contributed by atoms with Gasteiger partial charge in [-0.1, -0.05) is 47.3 Å². The Hall–Kier alpha value is -0.870. The number of carbonyl (C=O) groups is 1. The highest BCUT2D eigenvalue weighted by Gasteiger charge is 2.35. The molecular weight excluding hydrogens is 354 g/mol. The summed E-state index contributed by atoms with van der Waals surface area (Å²) < 4.78 is 7.58. The minimum atomic E-state index is 0.0638. The van der Waals surface area contributed by atoms with Gasteiger partial charge in [-0.3, -0.25) is 4.79 Å². The lowest BCUT2D eigenvalue weighted by molar-refractivity contribution is -0.124. The summed E-state index contributed by atoms with van der Waals surface area (Å²) in [7, 11) is 0. The van der Waals surface area contributed by atoms with E-state index >= 15 is 0 Å². The fourth-order valence-corrected chi connectivity index (χ4v) is 4.33. The predicted molar refractivity (Wildman–Crippen MR) is 95.2 cm³/mol. The largest absolute Gasteiger partial charge is 0.370 e. The van der Waals surface area contributed by atoms with Crippen molar-refractivity contribution in [2.24, 2.45) is 5.92 Å². The molecule has 1 aromatic carbocycles. The summed E-state index contributed by atoms with van der Waals surface area (Å²) in [6, 6.07) is 8.61. The first-order valence-corrected chi connectivity index (χ1v) is 9.59. The molecule has 0 aromatic heterocycles. The van der Waals surface area contributed by atoms with Gasteiger partial charge in [0.05, 0.1) is 12.2 Å². The zero-order valence-corrected chi connectivity index (χ0v) is 15.3. The van der Waals surface area contributed by atoms with Crippen LogP contribution in [0, 0.1) is 5.92 Å². The summed E-state index contributed by atoms with van der Waals surface area (Å²) in [5.74, 6) is 0.715. The van der Waals surface area contributed by atoms with E-state index in [1.807, 2.05) is 0 Å². The highest BCUT2D eigenvalue weighted by Crippen LogP contribution is 2.39. The molecule has 2 fully saturated rings. The lowest BCUT2D eigenvalue weighted by Crippen LogP contribution is -2.44. The van der Waals surface area contributed by atoms with Gasteiger partial charge in [-0.05, 0) is 49.3 Å². The number of nitrogens with one attached hydrogen (secondary N) is 1. The fourth-order valence-electron chi connectivity index (χ4n) is 4.06. The number of ether oxygens (including phenoxy) is 1. The first kappa shape index (κ1) is 17.0. The third kappa shape index (κ3) is 4.57.